The zero-order valence-corrected chi connectivity index (χ0v) is 8.48. The predicted octanol–water partition coefficient (Wildman–Crippen LogP) is 0.905. The van der Waals surface area contributed by atoms with E-state index in [4.69, 9.17) is 28.3 Å². The molecular weight excluding hydrogens is 218 g/mol. The van der Waals surface area contributed by atoms with Crippen LogP contribution in [0.5, 0.6) is 0 Å². The van der Waals surface area contributed by atoms with Gasteiger partial charge in [0, 0.05) is 5.02 Å². The molecule has 0 heterocycles. The Labute approximate surface area is 91.5 Å². The van der Waals surface area contributed by atoms with Crippen molar-refractivity contribution in [1.29, 1.82) is 0 Å². The summed E-state index contributed by atoms with van der Waals surface area (Å²) in [5.41, 5.74) is 5.40. The van der Waals surface area contributed by atoms with Gasteiger partial charge in [-0.25, -0.2) is 10.6 Å². The summed E-state index contributed by atoms with van der Waals surface area (Å²) in [5.74, 6) is 4.33. The Morgan fingerprint density at radius 2 is 2.20 bits per heavy atom. The Bertz CT molecular complexity index is 406. The van der Waals surface area contributed by atoms with Crippen molar-refractivity contribution in [2.24, 2.45) is 11.6 Å². The lowest BCUT2D eigenvalue weighted by molar-refractivity contribution is -0.132. The molecule has 80 valence electrons. The standard InChI is InChI=1S/C9H10ClN3O2/c10-6-2-1-3-7(4-6)13(12)5-8(11)9(14)15/h1-5H,11-12H2,(H,14,15)/b8-5-. The largest absolute Gasteiger partial charge is 0.477 e. The first kappa shape index (κ1) is 11.4. The van der Waals surface area contributed by atoms with Gasteiger partial charge in [0.15, 0.2) is 0 Å². The number of aliphatic carboxylic acids is 1. The first-order valence-corrected chi connectivity index (χ1v) is 4.38. The molecule has 0 bridgehead atoms. The summed E-state index contributed by atoms with van der Waals surface area (Å²) in [6.45, 7) is 0. The minimum absolute atomic E-state index is 0.350. The minimum atomic E-state index is -1.23. The summed E-state index contributed by atoms with van der Waals surface area (Å²) in [6, 6.07) is 6.65. The molecule has 1 rings (SSSR count). The molecule has 0 atom stereocenters. The summed E-state index contributed by atoms with van der Waals surface area (Å²) in [5, 5.41) is 10.1. The van der Waals surface area contributed by atoms with E-state index in [1.54, 1.807) is 24.3 Å². The average Bonchev–Trinajstić information content (AvgIpc) is 2.17. The fourth-order valence-electron chi connectivity index (χ4n) is 0.916. The molecule has 0 amide bonds. The molecule has 0 aromatic heterocycles. The van der Waals surface area contributed by atoms with Crippen molar-refractivity contribution in [3.8, 4) is 0 Å². The molecule has 0 unspecified atom stereocenters. The molecule has 5 nitrogen and oxygen atoms in total. The first-order valence-electron chi connectivity index (χ1n) is 4.01. The Balaban J connectivity index is 2.90. The van der Waals surface area contributed by atoms with Crippen molar-refractivity contribution in [3.05, 3.63) is 41.2 Å². The zero-order valence-electron chi connectivity index (χ0n) is 7.72. The third kappa shape index (κ3) is 3.16. The van der Waals surface area contributed by atoms with E-state index in [0.29, 0.717) is 10.7 Å². The van der Waals surface area contributed by atoms with Crippen molar-refractivity contribution in [2.45, 2.75) is 0 Å². The number of benzene rings is 1. The van der Waals surface area contributed by atoms with Crippen molar-refractivity contribution >= 4 is 23.3 Å². The van der Waals surface area contributed by atoms with Gasteiger partial charge >= 0.3 is 5.97 Å². The zero-order chi connectivity index (χ0) is 11.4. The van der Waals surface area contributed by atoms with Crippen LogP contribution in [0, 0.1) is 0 Å². The summed E-state index contributed by atoms with van der Waals surface area (Å²) in [7, 11) is 0. The molecule has 0 saturated carbocycles. The molecule has 0 aliphatic carbocycles. The van der Waals surface area contributed by atoms with Gasteiger partial charge in [-0.05, 0) is 18.2 Å². The molecule has 15 heavy (non-hydrogen) atoms. The second-order valence-electron chi connectivity index (χ2n) is 2.78. The molecule has 0 aliphatic heterocycles. The van der Waals surface area contributed by atoms with E-state index in [-0.39, 0.29) is 5.70 Å². The minimum Gasteiger partial charge on any atom is -0.477 e. The van der Waals surface area contributed by atoms with Crippen LogP contribution in [0.4, 0.5) is 5.69 Å². The third-order valence-corrected chi connectivity index (χ3v) is 1.87. The topological polar surface area (TPSA) is 92.6 Å². The number of rotatable bonds is 3. The number of carboxylic acids is 1. The molecule has 6 heteroatoms. The fraction of sp³-hybridized carbons (Fsp3) is 0. The second-order valence-corrected chi connectivity index (χ2v) is 3.21. The van der Waals surface area contributed by atoms with Crippen LogP contribution >= 0.6 is 11.6 Å². The third-order valence-electron chi connectivity index (χ3n) is 1.63. The average molecular weight is 228 g/mol. The molecule has 0 radical (unpaired) electrons. The van der Waals surface area contributed by atoms with E-state index < -0.39 is 5.97 Å². The maximum Gasteiger partial charge on any atom is 0.353 e. The number of hydrazine groups is 1. The van der Waals surface area contributed by atoms with Crippen LogP contribution < -0.4 is 16.6 Å². The number of hydrogen-bond donors (Lipinski definition) is 3. The van der Waals surface area contributed by atoms with Gasteiger partial charge in [-0.3, -0.25) is 5.01 Å². The Morgan fingerprint density at radius 1 is 1.53 bits per heavy atom. The van der Waals surface area contributed by atoms with Crippen LogP contribution in [0.3, 0.4) is 0 Å². The van der Waals surface area contributed by atoms with Gasteiger partial charge in [0.1, 0.15) is 5.70 Å². The van der Waals surface area contributed by atoms with E-state index in [1.165, 1.54) is 0 Å². The lowest BCUT2D eigenvalue weighted by atomic mass is 10.3. The van der Waals surface area contributed by atoms with Crippen LogP contribution in [0.2, 0.25) is 5.02 Å². The Kier molecular flexibility index (Phi) is 3.54. The first-order chi connectivity index (χ1) is 7.00. The molecule has 5 N–H and O–H groups in total. The van der Waals surface area contributed by atoms with Crippen LogP contribution in [0.25, 0.3) is 0 Å². The van der Waals surface area contributed by atoms with E-state index in [2.05, 4.69) is 0 Å². The predicted molar refractivity (Wildman–Crippen MR) is 58.0 cm³/mol. The highest BCUT2D eigenvalue weighted by molar-refractivity contribution is 6.30. The number of carbonyl (C=O) groups is 1. The smallest absolute Gasteiger partial charge is 0.353 e. The Hall–Kier alpha value is -1.72. The van der Waals surface area contributed by atoms with Crippen molar-refractivity contribution < 1.29 is 9.90 Å². The number of nitrogens with zero attached hydrogens (tertiary/aromatic N) is 1. The van der Waals surface area contributed by atoms with Crippen LogP contribution in [0.1, 0.15) is 0 Å². The van der Waals surface area contributed by atoms with Gasteiger partial charge in [0.05, 0.1) is 11.9 Å². The number of nitrogens with two attached hydrogens (primary N) is 2. The van der Waals surface area contributed by atoms with E-state index in [0.717, 1.165) is 11.2 Å². The van der Waals surface area contributed by atoms with E-state index in [1.807, 2.05) is 0 Å². The van der Waals surface area contributed by atoms with Gasteiger partial charge < -0.3 is 10.8 Å². The lowest BCUT2D eigenvalue weighted by Crippen LogP contribution is -2.27. The van der Waals surface area contributed by atoms with E-state index >= 15 is 0 Å². The monoisotopic (exact) mass is 227 g/mol. The molecule has 0 spiro atoms. The molecule has 0 fully saturated rings. The van der Waals surface area contributed by atoms with Crippen molar-refractivity contribution in [3.63, 3.8) is 0 Å². The molecular formula is C9H10ClN3O2. The quantitative estimate of drug-likeness (QED) is 0.405. The van der Waals surface area contributed by atoms with E-state index in [9.17, 15) is 4.79 Å². The molecule has 0 aliphatic rings. The Morgan fingerprint density at radius 3 is 2.73 bits per heavy atom. The van der Waals surface area contributed by atoms with Crippen molar-refractivity contribution in [1.82, 2.24) is 0 Å². The maximum atomic E-state index is 10.4. The highest BCUT2D eigenvalue weighted by atomic mass is 35.5. The van der Waals surface area contributed by atoms with Gasteiger partial charge in [-0.1, -0.05) is 17.7 Å². The fourth-order valence-corrected chi connectivity index (χ4v) is 1.10. The van der Waals surface area contributed by atoms with Crippen LogP contribution in [-0.4, -0.2) is 11.1 Å². The molecule has 1 aromatic rings. The summed E-state index contributed by atoms with van der Waals surface area (Å²) < 4.78 is 0. The normalized spacial score (nSPS) is 11.2. The number of halogens is 1. The van der Waals surface area contributed by atoms with Gasteiger partial charge in [-0.2, -0.15) is 0 Å². The maximum absolute atomic E-state index is 10.4. The van der Waals surface area contributed by atoms with Gasteiger partial charge in [0.25, 0.3) is 0 Å². The van der Waals surface area contributed by atoms with Crippen molar-refractivity contribution in [2.75, 3.05) is 5.01 Å². The lowest BCUT2D eigenvalue weighted by Gasteiger charge is -2.14. The number of anilines is 1. The highest BCUT2D eigenvalue weighted by Gasteiger charge is 2.04. The summed E-state index contributed by atoms with van der Waals surface area (Å²) in [4.78, 5) is 10.4. The second kappa shape index (κ2) is 4.68. The van der Waals surface area contributed by atoms with Gasteiger partial charge in [-0.15, -0.1) is 0 Å². The summed E-state index contributed by atoms with van der Waals surface area (Å²) >= 11 is 5.74. The van der Waals surface area contributed by atoms with Gasteiger partial charge in [0.2, 0.25) is 0 Å². The van der Waals surface area contributed by atoms with Crippen LogP contribution in [0.15, 0.2) is 36.2 Å². The number of carboxylic acid groups (broad SMARTS) is 1. The summed E-state index contributed by atoms with van der Waals surface area (Å²) in [6.07, 6.45) is 1.11. The SMILES string of the molecule is N/C(=C\N(N)c1cccc(Cl)c1)C(=O)O. The number of hydrogen-bond acceptors (Lipinski definition) is 4. The highest BCUT2D eigenvalue weighted by Crippen LogP contribution is 2.17. The van der Waals surface area contributed by atoms with Crippen LogP contribution in [-0.2, 0) is 4.79 Å². The molecule has 0 saturated heterocycles. The molecule has 1 aromatic carbocycles.